The van der Waals surface area contributed by atoms with Crippen LogP contribution in [0, 0.1) is 0 Å². The van der Waals surface area contributed by atoms with E-state index in [4.69, 9.17) is 16.2 Å². The first-order valence-corrected chi connectivity index (χ1v) is 13.3. The van der Waals surface area contributed by atoms with E-state index in [1.165, 1.54) is 11.0 Å². The zero-order chi connectivity index (χ0) is 28.7. The SMILES string of the molecule is CCN(CC)CCOc1cccc(-c2cc(C(=O)N3CCC(N)CC3)c(N(OC(=O)C(F)(F)F)C(N)=O)s2)c1. The predicted octanol–water partition coefficient (Wildman–Crippen LogP) is 3.60. The molecule has 1 aromatic heterocycles. The number of hydrogen-bond acceptors (Lipinski definition) is 8. The summed E-state index contributed by atoms with van der Waals surface area (Å²) in [4.78, 5) is 45.5. The van der Waals surface area contributed by atoms with Crippen molar-refractivity contribution in [2.45, 2.75) is 38.9 Å². The number of carbonyl (C=O) groups is 3. The van der Waals surface area contributed by atoms with Gasteiger partial charge in [-0.3, -0.25) is 4.79 Å². The van der Waals surface area contributed by atoms with Crippen LogP contribution in [0.1, 0.15) is 37.0 Å². The third kappa shape index (κ3) is 7.83. The third-order valence-electron chi connectivity index (χ3n) is 6.25. The van der Waals surface area contributed by atoms with E-state index in [9.17, 15) is 27.6 Å². The predicted molar refractivity (Wildman–Crippen MR) is 140 cm³/mol. The number of ether oxygens (including phenoxy) is 1. The Hall–Kier alpha value is -3.36. The highest BCUT2D eigenvalue weighted by Gasteiger charge is 2.44. The molecule has 2 heterocycles. The number of benzene rings is 1. The minimum Gasteiger partial charge on any atom is -0.492 e. The number of nitrogens with zero attached hydrogens (tertiary/aromatic N) is 3. The van der Waals surface area contributed by atoms with E-state index < -0.39 is 24.1 Å². The molecule has 2 aromatic rings. The van der Waals surface area contributed by atoms with Crippen molar-refractivity contribution in [3.8, 4) is 16.2 Å². The van der Waals surface area contributed by atoms with Crippen LogP contribution in [-0.4, -0.2) is 79.3 Å². The van der Waals surface area contributed by atoms with Crippen LogP contribution in [0.2, 0.25) is 0 Å². The largest absolute Gasteiger partial charge is 0.493 e. The lowest BCUT2D eigenvalue weighted by molar-refractivity contribution is -0.199. The lowest BCUT2D eigenvalue weighted by Crippen LogP contribution is -2.44. The van der Waals surface area contributed by atoms with E-state index >= 15 is 0 Å². The molecule has 3 rings (SSSR count). The molecule has 4 N–H and O–H groups in total. The molecule has 1 aromatic carbocycles. The highest BCUT2D eigenvalue weighted by molar-refractivity contribution is 7.20. The number of anilines is 1. The Morgan fingerprint density at radius 3 is 2.38 bits per heavy atom. The van der Waals surface area contributed by atoms with Gasteiger partial charge in [0.2, 0.25) is 0 Å². The molecule has 10 nitrogen and oxygen atoms in total. The molecular formula is C25H32F3N5O5S. The first-order valence-electron chi connectivity index (χ1n) is 12.5. The second-order valence-electron chi connectivity index (χ2n) is 8.87. The van der Waals surface area contributed by atoms with E-state index in [1.54, 1.807) is 24.3 Å². The number of alkyl halides is 3. The number of carbonyl (C=O) groups excluding carboxylic acids is 3. The fourth-order valence-corrected chi connectivity index (χ4v) is 5.09. The molecular weight excluding hydrogens is 539 g/mol. The zero-order valence-corrected chi connectivity index (χ0v) is 22.5. The van der Waals surface area contributed by atoms with Crippen molar-refractivity contribution in [2.75, 3.05) is 44.4 Å². The van der Waals surface area contributed by atoms with E-state index in [2.05, 4.69) is 23.6 Å². The Balaban J connectivity index is 1.96. The van der Waals surface area contributed by atoms with Crippen molar-refractivity contribution in [1.82, 2.24) is 9.80 Å². The zero-order valence-electron chi connectivity index (χ0n) is 21.7. The normalized spacial score (nSPS) is 14.4. The van der Waals surface area contributed by atoms with Crippen molar-refractivity contribution in [1.29, 1.82) is 0 Å². The Labute approximate surface area is 228 Å². The number of amides is 3. The van der Waals surface area contributed by atoms with Gasteiger partial charge in [0.15, 0.2) is 5.00 Å². The number of piperidine rings is 1. The van der Waals surface area contributed by atoms with Crippen molar-refractivity contribution >= 4 is 34.2 Å². The molecule has 0 bridgehead atoms. The van der Waals surface area contributed by atoms with Gasteiger partial charge in [-0.15, -0.1) is 16.4 Å². The second-order valence-corrected chi connectivity index (χ2v) is 9.90. The molecule has 214 valence electrons. The van der Waals surface area contributed by atoms with Gasteiger partial charge in [0.1, 0.15) is 12.4 Å². The third-order valence-corrected chi connectivity index (χ3v) is 7.40. The minimum atomic E-state index is -5.39. The lowest BCUT2D eigenvalue weighted by Gasteiger charge is -2.30. The van der Waals surface area contributed by atoms with Gasteiger partial charge in [-0.2, -0.15) is 13.2 Å². The molecule has 0 saturated carbocycles. The van der Waals surface area contributed by atoms with Crippen LogP contribution >= 0.6 is 11.3 Å². The second kappa shape index (κ2) is 13.1. The maximum Gasteiger partial charge on any atom is 0.493 e. The number of urea groups is 1. The average molecular weight is 572 g/mol. The van der Waals surface area contributed by atoms with Crippen LogP contribution in [-0.2, 0) is 9.63 Å². The van der Waals surface area contributed by atoms with Crippen LogP contribution in [0.15, 0.2) is 30.3 Å². The molecule has 0 unspecified atom stereocenters. The number of rotatable bonds is 9. The van der Waals surface area contributed by atoms with Gasteiger partial charge in [0.05, 0.1) is 5.56 Å². The summed E-state index contributed by atoms with van der Waals surface area (Å²) in [6.45, 7) is 7.66. The van der Waals surface area contributed by atoms with Gasteiger partial charge in [-0.1, -0.05) is 26.0 Å². The molecule has 14 heteroatoms. The average Bonchev–Trinajstić information content (AvgIpc) is 3.34. The molecule has 1 fully saturated rings. The molecule has 0 spiro atoms. The Bertz CT molecular complexity index is 1160. The van der Waals surface area contributed by atoms with Crippen LogP contribution in [0.25, 0.3) is 10.4 Å². The Morgan fingerprint density at radius 1 is 1.13 bits per heavy atom. The summed E-state index contributed by atoms with van der Waals surface area (Å²) >= 11 is 0.784. The summed E-state index contributed by atoms with van der Waals surface area (Å²) in [5, 5.41) is -0.333. The van der Waals surface area contributed by atoms with Crippen LogP contribution in [0.4, 0.5) is 23.0 Å². The summed E-state index contributed by atoms with van der Waals surface area (Å²) in [5.74, 6) is -2.66. The number of hydroxylamine groups is 1. The highest BCUT2D eigenvalue weighted by Crippen LogP contribution is 2.40. The van der Waals surface area contributed by atoms with Gasteiger partial charge < -0.3 is 30.8 Å². The summed E-state index contributed by atoms with van der Waals surface area (Å²) < 4.78 is 44.7. The number of primary amides is 1. The summed E-state index contributed by atoms with van der Waals surface area (Å²) in [7, 11) is 0. The monoisotopic (exact) mass is 571 g/mol. The lowest BCUT2D eigenvalue weighted by atomic mass is 10.1. The molecule has 0 aliphatic carbocycles. The smallest absolute Gasteiger partial charge is 0.492 e. The van der Waals surface area contributed by atoms with Crippen molar-refractivity contribution in [3.63, 3.8) is 0 Å². The molecule has 1 aliphatic rings. The van der Waals surface area contributed by atoms with Gasteiger partial charge in [-0.05, 0) is 49.7 Å². The number of likely N-dealkylation sites (N-methyl/N-ethyl adjacent to an activating group) is 1. The summed E-state index contributed by atoms with van der Waals surface area (Å²) in [5.41, 5.74) is 11.7. The van der Waals surface area contributed by atoms with Crippen LogP contribution in [0.3, 0.4) is 0 Å². The minimum absolute atomic E-state index is 0.0113. The first kappa shape index (κ1) is 30.2. The van der Waals surface area contributed by atoms with E-state index in [0.717, 1.165) is 31.0 Å². The van der Waals surface area contributed by atoms with Gasteiger partial charge in [0.25, 0.3) is 5.91 Å². The van der Waals surface area contributed by atoms with Gasteiger partial charge in [-0.25, -0.2) is 9.59 Å². The number of thiophene rings is 1. The molecule has 1 saturated heterocycles. The molecule has 0 atom stereocenters. The van der Waals surface area contributed by atoms with Crippen molar-refractivity contribution in [2.24, 2.45) is 11.5 Å². The highest BCUT2D eigenvalue weighted by atomic mass is 32.1. The number of halogens is 3. The number of likely N-dealkylation sites (tertiary alicyclic amines) is 1. The maximum absolute atomic E-state index is 13.4. The van der Waals surface area contributed by atoms with Gasteiger partial charge in [0, 0.05) is 30.6 Å². The summed E-state index contributed by atoms with van der Waals surface area (Å²) in [6.07, 6.45) is -4.32. The quantitative estimate of drug-likeness (QED) is 0.440. The Kier molecular flexibility index (Phi) is 10.2. The van der Waals surface area contributed by atoms with Gasteiger partial charge >= 0.3 is 18.2 Å². The van der Waals surface area contributed by atoms with Crippen molar-refractivity contribution < 1.29 is 37.1 Å². The molecule has 39 heavy (non-hydrogen) atoms. The van der Waals surface area contributed by atoms with Crippen LogP contribution in [0.5, 0.6) is 5.75 Å². The van der Waals surface area contributed by atoms with Crippen molar-refractivity contribution in [3.05, 3.63) is 35.9 Å². The maximum atomic E-state index is 13.4. The topological polar surface area (TPSA) is 131 Å². The molecule has 1 aliphatic heterocycles. The molecule has 0 radical (unpaired) electrons. The van der Waals surface area contributed by atoms with E-state index in [-0.39, 0.29) is 21.7 Å². The first-order chi connectivity index (χ1) is 18.4. The Morgan fingerprint density at radius 2 is 1.79 bits per heavy atom. The molecule has 3 amide bonds. The van der Waals surface area contributed by atoms with Crippen LogP contribution < -0.4 is 21.3 Å². The summed E-state index contributed by atoms with van der Waals surface area (Å²) in [6, 6.07) is 6.77. The fraction of sp³-hybridized carbons (Fsp3) is 0.480. The fourth-order valence-electron chi connectivity index (χ4n) is 3.99. The standard InChI is InChI=1S/C25H32F3N5O5S/c1-3-31(4-2)12-13-37-18-7-5-6-16(14-18)20-15-19(21(34)32-10-8-17(29)9-11-32)22(39-20)33(24(30)36)38-23(35)25(26,27)28/h5-7,14-15,17H,3-4,8-13,29H2,1-2H3,(H2,30,36). The number of hydrogen-bond donors (Lipinski definition) is 2. The van der Waals surface area contributed by atoms with E-state index in [1.807, 2.05) is 0 Å². The number of nitrogens with two attached hydrogens (primary N) is 2. The van der Waals surface area contributed by atoms with E-state index in [0.29, 0.717) is 48.7 Å².